The summed E-state index contributed by atoms with van der Waals surface area (Å²) >= 11 is 6.19. The number of hydrogen-bond acceptors (Lipinski definition) is 6. The van der Waals surface area contributed by atoms with Crippen LogP contribution in [0, 0.1) is 11.6 Å². The molecule has 0 saturated carbocycles. The molecule has 9 nitrogen and oxygen atoms in total. The van der Waals surface area contributed by atoms with Gasteiger partial charge in [-0.3, -0.25) is 9.36 Å². The number of amides is 1. The fourth-order valence-electron chi connectivity index (χ4n) is 3.93. The second kappa shape index (κ2) is 11.8. The second-order valence-electron chi connectivity index (χ2n) is 9.62. The van der Waals surface area contributed by atoms with Gasteiger partial charge in [0.15, 0.2) is 0 Å². The molecule has 1 aliphatic heterocycles. The number of carbonyl (C=O) groups excluding carboxylic acids is 1. The Morgan fingerprint density at radius 3 is 2.37 bits per heavy atom. The van der Waals surface area contributed by atoms with Crippen LogP contribution in [0.5, 0.6) is 0 Å². The highest BCUT2D eigenvalue weighted by molar-refractivity contribution is 9.10. The maximum absolute atomic E-state index is 14.3. The van der Waals surface area contributed by atoms with Crippen molar-refractivity contribution in [2.75, 3.05) is 18.8 Å². The van der Waals surface area contributed by atoms with Gasteiger partial charge in [-0.1, -0.05) is 31.9 Å². The molecule has 0 aliphatic carbocycles. The predicted molar refractivity (Wildman–Crippen MR) is 145 cm³/mol. The Morgan fingerprint density at radius 1 is 1.13 bits per heavy atom. The van der Waals surface area contributed by atoms with Crippen molar-refractivity contribution in [3.63, 3.8) is 0 Å². The fourth-order valence-corrected chi connectivity index (χ4v) is 4.80. The van der Waals surface area contributed by atoms with Crippen molar-refractivity contribution in [2.45, 2.75) is 45.3 Å². The van der Waals surface area contributed by atoms with Crippen molar-refractivity contribution < 1.29 is 28.2 Å². The first-order valence-electron chi connectivity index (χ1n) is 11.5. The minimum Gasteiger partial charge on any atom is -0.478 e. The van der Waals surface area contributed by atoms with Crippen molar-refractivity contribution in [1.82, 2.24) is 14.5 Å². The number of halogens is 4. The molecule has 1 atom stereocenters. The first-order valence-corrected chi connectivity index (χ1v) is 13.1. The number of ether oxygens (including phenoxy) is 1. The van der Waals surface area contributed by atoms with E-state index in [-0.39, 0.29) is 17.1 Å². The van der Waals surface area contributed by atoms with Gasteiger partial charge in [0.2, 0.25) is 0 Å². The minimum atomic E-state index is -1.36. The zero-order valence-electron chi connectivity index (χ0n) is 20.8. The lowest BCUT2D eigenvalue weighted by molar-refractivity contribution is 0.0170. The van der Waals surface area contributed by atoms with E-state index in [0.717, 1.165) is 12.5 Å². The summed E-state index contributed by atoms with van der Waals surface area (Å²) in [6.45, 7) is 6.34. The summed E-state index contributed by atoms with van der Waals surface area (Å²) in [5.74, 6) is -2.81. The first-order chi connectivity index (χ1) is 17.7. The molecule has 204 valence electrons. The zero-order valence-corrected chi connectivity index (χ0v) is 24.0. The van der Waals surface area contributed by atoms with E-state index in [4.69, 9.17) is 15.6 Å². The molecule has 1 unspecified atom stereocenters. The summed E-state index contributed by atoms with van der Waals surface area (Å²) in [6, 6.07) is 5.00. The average Bonchev–Trinajstić information content (AvgIpc) is 2.77. The fraction of sp³-hybridized carbons (Fsp3) is 0.360. The number of carboxylic acids is 1. The Bertz CT molecular complexity index is 1420. The molecule has 2 heterocycles. The third-order valence-corrected chi connectivity index (χ3v) is 6.46. The number of piperidine rings is 1. The molecule has 13 heteroatoms. The number of rotatable bonds is 2. The molecular formula is C25H26Br2F2N4O5. The van der Waals surface area contributed by atoms with E-state index in [1.807, 2.05) is 20.8 Å². The number of carboxylic acid groups (broad SMARTS) is 1. The van der Waals surface area contributed by atoms with Crippen molar-refractivity contribution in [3.8, 4) is 0 Å². The lowest BCUT2D eigenvalue weighted by atomic mass is 10.1. The summed E-state index contributed by atoms with van der Waals surface area (Å²) in [6.07, 6.45) is 2.47. The average molecular weight is 660 g/mol. The van der Waals surface area contributed by atoms with Gasteiger partial charge >= 0.3 is 12.1 Å². The predicted octanol–water partition coefficient (Wildman–Crippen LogP) is 5.74. The number of nitrogen functional groups attached to an aromatic ring is 1. The molecule has 0 radical (unpaired) electrons. The lowest BCUT2D eigenvalue weighted by Crippen LogP contribution is -2.45. The van der Waals surface area contributed by atoms with Gasteiger partial charge in [0.25, 0.3) is 5.56 Å². The molecule has 0 spiro atoms. The van der Waals surface area contributed by atoms with E-state index in [1.54, 1.807) is 11.0 Å². The zero-order chi connectivity index (χ0) is 28.4. The van der Waals surface area contributed by atoms with Crippen molar-refractivity contribution in [2.24, 2.45) is 0 Å². The topological polar surface area (TPSA) is 128 Å². The van der Waals surface area contributed by atoms with Gasteiger partial charge in [-0.25, -0.2) is 23.4 Å². The number of nitrogens with two attached hydrogens (primary N) is 1. The molecule has 1 amide bonds. The largest absolute Gasteiger partial charge is 0.478 e. The van der Waals surface area contributed by atoms with Crippen LogP contribution in [0.25, 0.3) is 10.9 Å². The quantitative estimate of drug-likeness (QED) is 0.336. The molecule has 3 aromatic rings. The number of fused-ring (bicyclic) bond motifs is 1. The van der Waals surface area contributed by atoms with Crippen LogP contribution in [-0.2, 0) is 4.74 Å². The normalized spacial score (nSPS) is 15.6. The standard InChI is InChI=1S/C18H21BrFN3O3.C7H5BrFNO2/c1-18(2,3)26-17(25)22-6-4-5-12(9-22)23-10-21-14-8-11(19)7-13(20)15(14)16(23)24;8-3-1-4(9)6(7(11)12)5(10)2-3/h7-8,10,12H,4-6,9H2,1-3H3;1-2H,10H2,(H,11,12). The monoisotopic (exact) mass is 658 g/mol. The molecule has 3 N–H and O–H groups in total. The van der Waals surface area contributed by atoms with Gasteiger partial charge < -0.3 is 20.5 Å². The molecule has 1 aliphatic rings. The Kier molecular flexibility index (Phi) is 9.13. The molecule has 38 heavy (non-hydrogen) atoms. The summed E-state index contributed by atoms with van der Waals surface area (Å²) in [4.78, 5) is 41.3. The van der Waals surface area contributed by atoms with E-state index in [2.05, 4.69) is 36.8 Å². The highest BCUT2D eigenvalue weighted by Gasteiger charge is 2.29. The summed E-state index contributed by atoms with van der Waals surface area (Å²) < 4.78 is 34.9. The molecule has 4 rings (SSSR count). The summed E-state index contributed by atoms with van der Waals surface area (Å²) in [5, 5.41) is 8.47. The van der Waals surface area contributed by atoms with Crippen molar-refractivity contribution >= 4 is 60.5 Å². The van der Waals surface area contributed by atoms with E-state index in [0.29, 0.717) is 34.0 Å². The SMILES string of the molecule is CC(C)(C)OC(=O)N1CCCC(n2cnc3cc(Br)cc(F)c3c2=O)C1.Nc1cc(Br)cc(F)c1C(=O)O. The minimum absolute atomic E-state index is 0.0370. The number of carbonyl (C=O) groups is 2. The van der Waals surface area contributed by atoms with E-state index in [1.165, 1.54) is 23.0 Å². The smallest absolute Gasteiger partial charge is 0.410 e. The third-order valence-electron chi connectivity index (χ3n) is 5.54. The Hall–Kier alpha value is -3.06. The third kappa shape index (κ3) is 7.07. The van der Waals surface area contributed by atoms with Crippen LogP contribution in [0.1, 0.15) is 50.0 Å². The van der Waals surface area contributed by atoms with E-state index >= 15 is 0 Å². The van der Waals surface area contributed by atoms with E-state index in [9.17, 15) is 23.2 Å². The lowest BCUT2D eigenvalue weighted by Gasteiger charge is -2.34. The van der Waals surface area contributed by atoms with Crippen LogP contribution >= 0.6 is 31.9 Å². The Balaban J connectivity index is 0.000000279. The molecule has 1 aromatic heterocycles. The number of hydrogen-bond donors (Lipinski definition) is 2. The highest BCUT2D eigenvalue weighted by atomic mass is 79.9. The molecule has 0 bridgehead atoms. The van der Waals surface area contributed by atoms with Gasteiger partial charge in [-0.05, 0) is 57.9 Å². The maximum atomic E-state index is 14.3. The number of benzene rings is 2. The van der Waals surface area contributed by atoms with Gasteiger partial charge in [-0.2, -0.15) is 0 Å². The van der Waals surface area contributed by atoms with Crippen LogP contribution in [0.3, 0.4) is 0 Å². The van der Waals surface area contributed by atoms with Gasteiger partial charge in [0.05, 0.1) is 23.6 Å². The van der Waals surface area contributed by atoms with Gasteiger partial charge in [-0.15, -0.1) is 0 Å². The van der Waals surface area contributed by atoms with Gasteiger partial charge in [0.1, 0.15) is 28.2 Å². The van der Waals surface area contributed by atoms with E-state index < -0.39 is 40.4 Å². The molecular weight excluding hydrogens is 634 g/mol. The molecule has 2 aromatic carbocycles. The number of aromatic nitrogens is 2. The molecule has 1 fully saturated rings. The Labute approximate surface area is 233 Å². The van der Waals surface area contributed by atoms with Crippen LogP contribution in [0.15, 0.2) is 44.3 Å². The summed E-state index contributed by atoms with van der Waals surface area (Å²) in [5.41, 5.74) is 3.98. The number of anilines is 1. The second-order valence-corrected chi connectivity index (χ2v) is 11.4. The maximum Gasteiger partial charge on any atom is 0.410 e. The Morgan fingerprint density at radius 2 is 1.76 bits per heavy atom. The van der Waals surface area contributed by atoms with Crippen molar-refractivity contribution in [3.05, 3.63) is 67.1 Å². The van der Waals surface area contributed by atoms with Crippen LogP contribution in [-0.4, -0.2) is 50.3 Å². The number of nitrogens with zero attached hydrogens (tertiary/aromatic N) is 3. The highest BCUT2D eigenvalue weighted by Crippen LogP contribution is 2.25. The first kappa shape index (κ1) is 29.5. The van der Waals surface area contributed by atoms with Gasteiger partial charge in [0, 0.05) is 22.0 Å². The summed E-state index contributed by atoms with van der Waals surface area (Å²) in [7, 11) is 0. The van der Waals surface area contributed by atoms with Crippen LogP contribution in [0.2, 0.25) is 0 Å². The molecule has 1 saturated heterocycles. The van der Waals surface area contributed by atoms with Crippen molar-refractivity contribution in [1.29, 1.82) is 0 Å². The van der Waals surface area contributed by atoms with Crippen LogP contribution < -0.4 is 11.3 Å². The number of likely N-dealkylation sites (tertiary alicyclic amines) is 1. The van der Waals surface area contributed by atoms with Crippen LogP contribution in [0.4, 0.5) is 19.3 Å². The number of aromatic carboxylic acids is 1.